The Morgan fingerprint density at radius 2 is 1.93 bits per heavy atom. The number of alkyl halides is 3. The van der Waals surface area contributed by atoms with Crippen LogP contribution in [-0.4, -0.2) is 110 Å². The van der Waals surface area contributed by atoms with Crippen LogP contribution in [0.5, 0.6) is 0 Å². The molecule has 240 valence electrons. The van der Waals surface area contributed by atoms with Gasteiger partial charge in [0.1, 0.15) is 29.3 Å². The van der Waals surface area contributed by atoms with Crippen LogP contribution in [0.1, 0.15) is 23.2 Å². The number of halogens is 4. The van der Waals surface area contributed by atoms with Gasteiger partial charge in [-0.3, -0.25) is 19.4 Å². The molecule has 5 rings (SSSR count). The fourth-order valence-electron chi connectivity index (χ4n) is 6.41. The maximum Gasteiger partial charge on any atom is 0.417 e. The minimum absolute atomic E-state index is 0.0413. The summed E-state index contributed by atoms with van der Waals surface area (Å²) >= 11 is 0. The van der Waals surface area contributed by atoms with E-state index in [1.165, 1.54) is 37.1 Å². The number of piperazine rings is 2. The lowest BCUT2D eigenvalue weighted by atomic mass is 10.0. The quantitative estimate of drug-likeness (QED) is 0.385. The third-order valence-corrected chi connectivity index (χ3v) is 8.78. The number of carbonyl (C=O) groups excluding carboxylic acids is 2. The number of hydrogen-bond donors (Lipinski definition) is 1. The molecule has 3 aliphatic heterocycles. The first-order valence-corrected chi connectivity index (χ1v) is 14.9. The van der Waals surface area contributed by atoms with Gasteiger partial charge in [-0.15, -0.1) is 0 Å². The molecular weight excluding hydrogens is 592 g/mol. The van der Waals surface area contributed by atoms with Crippen molar-refractivity contribution >= 4 is 29.0 Å². The molecule has 45 heavy (non-hydrogen) atoms. The Hall–Kier alpha value is -4.22. The number of fused-ring (bicyclic) bond motifs is 2. The van der Waals surface area contributed by atoms with Crippen LogP contribution in [0.4, 0.5) is 34.8 Å². The van der Waals surface area contributed by atoms with Gasteiger partial charge >= 0.3 is 6.18 Å². The molecule has 1 aromatic carbocycles. The number of nitrogens with zero attached hydrogens (tertiary/aromatic N) is 7. The predicted molar refractivity (Wildman–Crippen MR) is 161 cm³/mol. The van der Waals surface area contributed by atoms with E-state index in [-0.39, 0.29) is 42.1 Å². The standard InChI is InChI=1S/C31H36F4N8O2/c1-4-27(44)43-15-14-41-12-10-40(18-21(41)19-43)11-13-42-9-8-25(30(45)39(3)26-7-5-6-24(32)28(26)42)38-29-22(17-36)23(31(33,34)35)16-20(2)37-29/h4-7,16,21,25H,1,8-15,18-19H2,2-3H3,(H,37,38)/t21-,25+/m1/s1. The Bertz CT molecular complexity index is 1510. The Morgan fingerprint density at radius 1 is 1.18 bits per heavy atom. The third kappa shape index (κ3) is 6.74. The van der Waals surface area contributed by atoms with Crippen molar-refractivity contribution in [2.24, 2.45) is 0 Å². The largest absolute Gasteiger partial charge is 0.417 e. The highest BCUT2D eigenvalue weighted by Crippen LogP contribution is 2.37. The Balaban J connectivity index is 1.36. The molecule has 0 spiro atoms. The van der Waals surface area contributed by atoms with E-state index in [4.69, 9.17) is 0 Å². The highest BCUT2D eigenvalue weighted by Gasteiger charge is 2.38. The normalized spacial score (nSPS) is 21.4. The maximum absolute atomic E-state index is 15.4. The summed E-state index contributed by atoms with van der Waals surface area (Å²) in [5, 5.41) is 12.4. The van der Waals surface area contributed by atoms with Crippen LogP contribution in [-0.2, 0) is 15.8 Å². The minimum atomic E-state index is -4.78. The van der Waals surface area contributed by atoms with Gasteiger partial charge in [0.25, 0.3) is 0 Å². The van der Waals surface area contributed by atoms with Crippen molar-refractivity contribution in [1.29, 1.82) is 5.26 Å². The Morgan fingerprint density at radius 3 is 2.64 bits per heavy atom. The number of nitriles is 1. The first-order valence-electron chi connectivity index (χ1n) is 14.9. The van der Waals surface area contributed by atoms with Gasteiger partial charge in [0.2, 0.25) is 11.8 Å². The number of nitrogens with one attached hydrogen (secondary N) is 1. The van der Waals surface area contributed by atoms with E-state index in [1.54, 1.807) is 17.0 Å². The monoisotopic (exact) mass is 628 g/mol. The SMILES string of the molecule is C=CC(=O)N1CCN2CCN(CCN3CC[C@H](Nc4nc(C)cc(C(F)(F)F)c4C#N)C(=O)N(C)c4cccc(F)c43)C[C@@H]2C1. The summed E-state index contributed by atoms with van der Waals surface area (Å²) in [6.45, 7) is 10.7. The lowest BCUT2D eigenvalue weighted by Gasteiger charge is -2.47. The minimum Gasteiger partial charge on any atom is -0.366 e. The number of benzene rings is 1. The molecule has 0 unspecified atom stereocenters. The molecule has 2 saturated heterocycles. The van der Waals surface area contributed by atoms with Crippen LogP contribution in [0, 0.1) is 24.1 Å². The molecule has 2 aromatic rings. The van der Waals surface area contributed by atoms with Crippen molar-refractivity contribution in [2.75, 3.05) is 81.1 Å². The molecule has 0 radical (unpaired) electrons. The molecule has 1 N–H and O–H groups in total. The van der Waals surface area contributed by atoms with Gasteiger partial charge < -0.3 is 20.0 Å². The zero-order valence-corrected chi connectivity index (χ0v) is 25.3. The lowest BCUT2D eigenvalue weighted by Crippen LogP contribution is -2.63. The van der Waals surface area contributed by atoms with Gasteiger partial charge in [0, 0.05) is 77.7 Å². The highest BCUT2D eigenvalue weighted by molar-refractivity contribution is 6.01. The molecule has 2 fully saturated rings. The molecular formula is C31H36F4N8O2. The summed E-state index contributed by atoms with van der Waals surface area (Å²) in [4.78, 5) is 39.6. The number of likely N-dealkylation sites (N-methyl/N-ethyl adjacent to an activating group) is 1. The zero-order valence-electron chi connectivity index (χ0n) is 25.3. The molecule has 3 aliphatic rings. The average Bonchev–Trinajstić information content (AvgIpc) is 3.01. The molecule has 0 aliphatic carbocycles. The fraction of sp³-hybridized carbons (Fsp3) is 0.484. The summed E-state index contributed by atoms with van der Waals surface area (Å²) in [6, 6.07) is 6.01. The molecule has 2 atom stereocenters. The summed E-state index contributed by atoms with van der Waals surface area (Å²) in [5.74, 6) is -1.39. The second-order valence-electron chi connectivity index (χ2n) is 11.6. The van der Waals surface area contributed by atoms with E-state index in [2.05, 4.69) is 26.7 Å². The van der Waals surface area contributed by atoms with Gasteiger partial charge in [0.15, 0.2) is 0 Å². The number of rotatable bonds is 6. The third-order valence-electron chi connectivity index (χ3n) is 8.78. The number of carbonyl (C=O) groups is 2. The molecule has 0 saturated carbocycles. The first-order chi connectivity index (χ1) is 21.4. The van der Waals surface area contributed by atoms with Crippen LogP contribution in [0.25, 0.3) is 0 Å². The second-order valence-corrected chi connectivity index (χ2v) is 11.6. The van der Waals surface area contributed by atoms with Crippen molar-refractivity contribution in [2.45, 2.75) is 31.6 Å². The van der Waals surface area contributed by atoms with E-state index in [1.807, 2.05) is 4.90 Å². The predicted octanol–water partition coefficient (Wildman–Crippen LogP) is 3.09. The van der Waals surface area contributed by atoms with E-state index in [9.17, 15) is 28.0 Å². The van der Waals surface area contributed by atoms with Gasteiger partial charge in [-0.25, -0.2) is 9.37 Å². The number of aromatic nitrogens is 1. The summed E-state index contributed by atoms with van der Waals surface area (Å²) in [6.07, 6.45) is -3.33. The zero-order chi connectivity index (χ0) is 32.5. The molecule has 10 nitrogen and oxygen atoms in total. The summed E-state index contributed by atoms with van der Waals surface area (Å²) in [7, 11) is 1.49. The Kier molecular flexibility index (Phi) is 9.31. The van der Waals surface area contributed by atoms with Crippen LogP contribution >= 0.6 is 0 Å². The van der Waals surface area contributed by atoms with E-state index >= 15 is 4.39 Å². The average molecular weight is 629 g/mol. The molecule has 0 bridgehead atoms. The van der Waals surface area contributed by atoms with Gasteiger partial charge in [-0.05, 0) is 37.6 Å². The van der Waals surface area contributed by atoms with E-state index in [0.29, 0.717) is 31.9 Å². The Labute approximate surface area is 259 Å². The number of anilines is 3. The summed E-state index contributed by atoms with van der Waals surface area (Å²) < 4.78 is 56.6. The van der Waals surface area contributed by atoms with Crippen molar-refractivity contribution in [3.63, 3.8) is 0 Å². The smallest absolute Gasteiger partial charge is 0.366 e. The van der Waals surface area contributed by atoms with Gasteiger partial charge in [-0.2, -0.15) is 18.4 Å². The van der Waals surface area contributed by atoms with Crippen LogP contribution in [0.15, 0.2) is 36.9 Å². The topological polar surface area (TPSA) is 99.0 Å². The fourth-order valence-corrected chi connectivity index (χ4v) is 6.41. The number of para-hydroxylation sites is 1. The number of amides is 2. The van der Waals surface area contributed by atoms with E-state index < -0.39 is 35.1 Å². The highest BCUT2D eigenvalue weighted by atomic mass is 19.4. The number of pyridine rings is 1. The van der Waals surface area contributed by atoms with E-state index in [0.717, 1.165) is 32.2 Å². The number of aryl methyl sites for hydroxylation is 1. The van der Waals surface area contributed by atoms with Gasteiger partial charge in [-0.1, -0.05) is 12.6 Å². The van der Waals surface area contributed by atoms with Crippen LogP contribution in [0.2, 0.25) is 0 Å². The van der Waals surface area contributed by atoms with Gasteiger partial charge in [0.05, 0.1) is 16.9 Å². The molecule has 4 heterocycles. The van der Waals surface area contributed by atoms with Crippen molar-refractivity contribution in [3.8, 4) is 6.07 Å². The second kappa shape index (κ2) is 13.0. The molecule has 1 aromatic heterocycles. The van der Waals surface area contributed by atoms with Crippen LogP contribution in [0.3, 0.4) is 0 Å². The van der Waals surface area contributed by atoms with Crippen molar-refractivity contribution in [1.82, 2.24) is 19.7 Å². The first kappa shape index (κ1) is 32.2. The maximum atomic E-state index is 15.4. The number of hydrogen-bond acceptors (Lipinski definition) is 8. The molecule has 14 heteroatoms. The van der Waals surface area contributed by atoms with Crippen molar-refractivity contribution in [3.05, 3.63) is 59.6 Å². The summed E-state index contributed by atoms with van der Waals surface area (Å²) in [5.41, 5.74) is -1.17. The lowest BCUT2D eigenvalue weighted by molar-refractivity contribution is -0.137. The van der Waals surface area contributed by atoms with Crippen molar-refractivity contribution < 1.29 is 27.2 Å². The van der Waals surface area contributed by atoms with Crippen LogP contribution < -0.4 is 15.1 Å². The molecule has 2 amide bonds.